The van der Waals surface area contributed by atoms with Crippen LogP contribution in [0.15, 0.2) is 24.3 Å². The summed E-state index contributed by atoms with van der Waals surface area (Å²) in [6.07, 6.45) is 1.16. The lowest BCUT2D eigenvalue weighted by Crippen LogP contribution is -2.28. The first kappa shape index (κ1) is 12.2. The highest BCUT2D eigenvalue weighted by molar-refractivity contribution is 5.15. The Balaban J connectivity index is 2.35. The molecule has 84 valence electrons. The van der Waals surface area contributed by atoms with Gasteiger partial charge < -0.3 is 5.32 Å². The van der Waals surface area contributed by atoms with Gasteiger partial charge in [-0.05, 0) is 29.5 Å². The van der Waals surface area contributed by atoms with Gasteiger partial charge in [0.1, 0.15) is 5.82 Å². The molecular weight excluding hydrogens is 189 g/mol. The SMILES string of the molecule is CCC(C)(C)CNCc1ccc(F)cc1. The second-order valence-electron chi connectivity index (χ2n) is 4.75. The number of hydrogen-bond donors (Lipinski definition) is 1. The van der Waals surface area contributed by atoms with E-state index < -0.39 is 0 Å². The number of rotatable bonds is 5. The highest BCUT2D eigenvalue weighted by atomic mass is 19.1. The predicted octanol–water partition coefficient (Wildman–Crippen LogP) is 3.35. The van der Waals surface area contributed by atoms with E-state index in [1.54, 1.807) is 0 Å². The van der Waals surface area contributed by atoms with Crippen LogP contribution in [0.25, 0.3) is 0 Å². The van der Waals surface area contributed by atoms with Gasteiger partial charge in [-0.1, -0.05) is 32.9 Å². The maximum absolute atomic E-state index is 12.6. The Hall–Kier alpha value is -0.890. The predicted molar refractivity (Wildman–Crippen MR) is 62.2 cm³/mol. The zero-order valence-electron chi connectivity index (χ0n) is 9.81. The third kappa shape index (κ3) is 4.43. The molecule has 0 unspecified atom stereocenters. The molecule has 0 aliphatic rings. The first-order chi connectivity index (χ1) is 7.03. The molecule has 0 saturated carbocycles. The van der Waals surface area contributed by atoms with Crippen molar-refractivity contribution < 1.29 is 4.39 Å². The van der Waals surface area contributed by atoms with Crippen molar-refractivity contribution in [2.24, 2.45) is 5.41 Å². The molecule has 1 nitrogen and oxygen atoms in total. The van der Waals surface area contributed by atoms with Crippen molar-refractivity contribution in [3.05, 3.63) is 35.6 Å². The fourth-order valence-electron chi connectivity index (χ4n) is 1.27. The van der Waals surface area contributed by atoms with Crippen LogP contribution in [0.5, 0.6) is 0 Å². The van der Waals surface area contributed by atoms with Crippen LogP contribution in [-0.2, 0) is 6.54 Å². The Labute approximate surface area is 91.7 Å². The average molecular weight is 209 g/mol. The molecule has 0 amide bonds. The van der Waals surface area contributed by atoms with E-state index in [1.807, 2.05) is 12.1 Å². The summed E-state index contributed by atoms with van der Waals surface area (Å²) < 4.78 is 12.6. The summed E-state index contributed by atoms with van der Waals surface area (Å²) in [6, 6.07) is 6.65. The normalized spacial score (nSPS) is 11.7. The summed E-state index contributed by atoms with van der Waals surface area (Å²) in [6.45, 7) is 8.47. The van der Waals surface area contributed by atoms with Crippen LogP contribution in [0.1, 0.15) is 32.8 Å². The molecule has 1 N–H and O–H groups in total. The minimum absolute atomic E-state index is 0.173. The van der Waals surface area contributed by atoms with Crippen molar-refractivity contribution >= 4 is 0 Å². The quantitative estimate of drug-likeness (QED) is 0.784. The number of nitrogens with one attached hydrogen (secondary N) is 1. The van der Waals surface area contributed by atoms with E-state index in [-0.39, 0.29) is 5.82 Å². The lowest BCUT2D eigenvalue weighted by molar-refractivity contribution is 0.327. The van der Waals surface area contributed by atoms with E-state index in [2.05, 4.69) is 26.1 Å². The van der Waals surface area contributed by atoms with Gasteiger partial charge in [-0.15, -0.1) is 0 Å². The Morgan fingerprint density at radius 1 is 1.20 bits per heavy atom. The molecule has 0 atom stereocenters. The molecule has 0 aliphatic heterocycles. The summed E-state index contributed by atoms with van der Waals surface area (Å²) in [4.78, 5) is 0. The Bertz CT molecular complexity index is 290. The van der Waals surface area contributed by atoms with Crippen molar-refractivity contribution in [1.29, 1.82) is 0 Å². The van der Waals surface area contributed by atoms with Gasteiger partial charge in [-0.3, -0.25) is 0 Å². The van der Waals surface area contributed by atoms with Gasteiger partial charge in [-0.2, -0.15) is 0 Å². The Morgan fingerprint density at radius 2 is 1.80 bits per heavy atom. The third-order valence-electron chi connectivity index (χ3n) is 2.80. The molecule has 0 spiro atoms. The first-order valence-electron chi connectivity index (χ1n) is 5.49. The van der Waals surface area contributed by atoms with E-state index in [0.717, 1.165) is 25.1 Å². The summed E-state index contributed by atoms with van der Waals surface area (Å²) >= 11 is 0. The standard InChI is InChI=1S/C13H20FN/c1-4-13(2,3)10-15-9-11-5-7-12(14)8-6-11/h5-8,15H,4,9-10H2,1-3H3. The monoisotopic (exact) mass is 209 g/mol. The fraction of sp³-hybridized carbons (Fsp3) is 0.538. The van der Waals surface area contributed by atoms with Crippen LogP contribution >= 0.6 is 0 Å². The van der Waals surface area contributed by atoms with Gasteiger partial charge in [0, 0.05) is 13.1 Å². The van der Waals surface area contributed by atoms with E-state index in [1.165, 1.54) is 12.1 Å². The highest BCUT2D eigenvalue weighted by Crippen LogP contribution is 2.17. The highest BCUT2D eigenvalue weighted by Gasteiger charge is 2.13. The van der Waals surface area contributed by atoms with E-state index in [9.17, 15) is 4.39 Å². The molecule has 0 aromatic heterocycles. The topological polar surface area (TPSA) is 12.0 Å². The summed E-state index contributed by atoms with van der Waals surface area (Å²) in [7, 11) is 0. The molecule has 15 heavy (non-hydrogen) atoms. The van der Waals surface area contributed by atoms with Crippen molar-refractivity contribution in [2.45, 2.75) is 33.7 Å². The lowest BCUT2D eigenvalue weighted by Gasteiger charge is -2.22. The van der Waals surface area contributed by atoms with Crippen molar-refractivity contribution in [2.75, 3.05) is 6.54 Å². The molecular formula is C13H20FN. The zero-order valence-corrected chi connectivity index (χ0v) is 9.81. The molecule has 1 rings (SSSR count). The van der Waals surface area contributed by atoms with Crippen LogP contribution in [0.4, 0.5) is 4.39 Å². The molecule has 0 heterocycles. The van der Waals surface area contributed by atoms with Gasteiger partial charge >= 0.3 is 0 Å². The molecule has 0 aliphatic carbocycles. The van der Waals surface area contributed by atoms with Gasteiger partial charge in [0.15, 0.2) is 0 Å². The minimum Gasteiger partial charge on any atom is -0.312 e. The molecule has 0 fully saturated rings. The van der Waals surface area contributed by atoms with Crippen LogP contribution in [0.2, 0.25) is 0 Å². The molecule has 1 aromatic rings. The largest absolute Gasteiger partial charge is 0.312 e. The van der Waals surface area contributed by atoms with E-state index in [4.69, 9.17) is 0 Å². The molecule has 0 radical (unpaired) electrons. The summed E-state index contributed by atoms with van der Waals surface area (Å²) in [5.74, 6) is -0.173. The van der Waals surface area contributed by atoms with Gasteiger partial charge in [0.05, 0.1) is 0 Å². The summed E-state index contributed by atoms with van der Waals surface area (Å²) in [5.41, 5.74) is 1.46. The van der Waals surface area contributed by atoms with Crippen molar-refractivity contribution in [1.82, 2.24) is 5.32 Å². The van der Waals surface area contributed by atoms with Crippen LogP contribution < -0.4 is 5.32 Å². The second kappa shape index (κ2) is 5.26. The third-order valence-corrected chi connectivity index (χ3v) is 2.80. The maximum atomic E-state index is 12.6. The molecule has 0 saturated heterocycles. The molecule has 0 bridgehead atoms. The first-order valence-corrected chi connectivity index (χ1v) is 5.49. The Kier molecular flexibility index (Phi) is 4.28. The molecule has 1 aromatic carbocycles. The molecule has 2 heteroatoms. The van der Waals surface area contributed by atoms with Crippen LogP contribution in [-0.4, -0.2) is 6.54 Å². The van der Waals surface area contributed by atoms with Gasteiger partial charge in [0.25, 0.3) is 0 Å². The lowest BCUT2D eigenvalue weighted by atomic mass is 9.90. The second-order valence-corrected chi connectivity index (χ2v) is 4.75. The van der Waals surface area contributed by atoms with Crippen molar-refractivity contribution in [3.8, 4) is 0 Å². The summed E-state index contributed by atoms with van der Waals surface area (Å²) in [5, 5.41) is 3.39. The number of hydrogen-bond acceptors (Lipinski definition) is 1. The van der Waals surface area contributed by atoms with E-state index >= 15 is 0 Å². The van der Waals surface area contributed by atoms with E-state index in [0.29, 0.717) is 5.41 Å². The van der Waals surface area contributed by atoms with Crippen LogP contribution in [0, 0.1) is 11.2 Å². The van der Waals surface area contributed by atoms with Gasteiger partial charge in [0.2, 0.25) is 0 Å². The maximum Gasteiger partial charge on any atom is 0.123 e. The Morgan fingerprint density at radius 3 is 2.33 bits per heavy atom. The number of halogens is 1. The number of benzene rings is 1. The fourth-order valence-corrected chi connectivity index (χ4v) is 1.27. The van der Waals surface area contributed by atoms with Gasteiger partial charge in [-0.25, -0.2) is 4.39 Å². The average Bonchev–Trinajstić information content (AvgIpc) is 2.21. The zero-order chi connectivity index (χ0) is 11.3. The van der Waals surface area contributed by atoms with Crippen LogP contribution in [0.3, 0.4) is 0 Å². The van der Waals surface area contributed by atoms with Crippen molar-refractivity contribution in [3.63, 3.8) is 0 Å². The minimum atomic E-state index is -0.173. The smallest absolute Gasteiger partial charge is 0.123 e.